The number of nitrogens with zero attached hydrogens (tertiary/aromatic N) is 4. The Hall–Kier alpha value is -1.43. The number of aryl methyl sites for hydroxylation is 3. The molecule has 5 nitrogen and oxygen atoms in total. The average molecular weight is 339 g/mol. The first-order valence-corrected chi connectivity index (χ1v) is 7.54. The zero-order chi connectivity index (χ0) is 14.9. The van der Waals surface area contributed by atoms with E-state index in [0.29, 0.717) is 12.0 Å². The molecule has 2 aromatic rings. The van der Waals surface area contributed by atoms with E-state index in [1.807, 2.05) is 25.6 Å². The predicted octanol–water partition coefficient (Wildman–Crippen LogP) is 2.70. The molecule has 0 aliphatic carbocycles. The van der Waals surface area contributed by atoms with Gasteiger partial charge in [0.1, 0.15) is 0 Å². The van der Waals surface area contributed by atoms with Crippen molar-refractivity contribution in [2.75, 3.05) is 0 Å². The van der Waals surface area contributed by atoms with Gasteiger partial charge in [0, 0.05) is 19.3 Å². The lowest BCUT2D eigenvalue weighted by Gasteiger charge is -2.05. The fourth-order valence-corrected chi connectivity index (χ4v) is 2.91. The van der Waals surface area contributed by atoms with Crippen molar-refractivity contribution in [3.05, 3.63) is 33.3 Å². The summed E-state index contributed by atoms with van der Waals surface area (Å²) >= 11 is 3.57. The van der Waals surface area contributed by atoms with Crippen molar-refractivity contribution >= 4 is 21.7 Å². The summed E-state index contributed by atoms with van der Waals surface area (Å²) in [5.74, 6) is 0.0774. The molecular formula is C14H19BrN4O. The minimum Gasteiger partial charge on any atom is -0.294 e. The van der Waals surface area contributed by atoms with Crippen molar-refractivity contribution < 1.29 is 4.79 Å². The number of carbonyl (C=O) groups excluding carboxylic acids is 1. The summed E-state index contributed by atoms with van der Waals surface area (Å²) in [5, 5.41) is 8.64. The zero-order valence-corrected chi connectivity index (χ0v) is 13.9. The Bertz CT molecular complexity index is 642. The summed E-state index contributed by atoms with van der Waals surface area (Å²) in [4.78, 5) is 12.5. The van der Waals surface area contributed by atoms with Gasteiger partial charge in [0.25, 0.3) is 0 Å². The predicted molar refractivity (Wildman–Crippen MR) is 81.0 cm³/mol. The monoisotopic (exact) mass is 338 g/mol. The standard InChI is InChI=1S/C14H19BrN4O/c1-5-11-14(15)12(19(6-2)17-11)7-13(20)10-8-16-18(4)9(10)3/h8H,5-7H2,1-4H3. The molecule has 0 bridgehead atoms. The summed E-state index contributed by atoms with van der Waals surface area (Å²) in [6.07, 6.45) is 2.83. The van der Waals surface area contributed by atoms with E-state index in [1.54, 1.807) is 10.9 Å². The molecule has 108 valence electrons. The summed E-state index contributed by atoms with van der Waals surface area (Å²) in [5.41, 5.74) is 3.51. The lowest BCUT2D eigenvalue weighted by molar-refractivity contribution is 0.0989. The third kappa shape index (κ3) is 2.57. The molecule has 0 fully saturated rings. The number of rotatable bonds is 5. The summed E-state index contributed by atoms with van der Waals surface area (Å²) in [6.45, 7) is 6.75. The van der Waals surface area contributed by atoms with Crippen molar-refractivity contribution in [2.45, 2.75) is 40.2 Å². The van der Waals surface area contributed by atoms with Crippen molar-refractivity contribution in [1.82, 2.24) is 19.6 Å². The molecule has 0 unspecified atom stereocenters. The van der Waals surface area contributed by atoms with Crippen LogP contribution in [0.1, 0.15) is 41.3 Å². The molecule has 0 amide bonds. The Morgan fingerprint density at radius 3 is 2.60 bits per heavy atom. The SMILES string of the molecule is CCc1nn(CC)c(CC(=O)c2cnn(C)c2C)c1Br. The van der Waals surface area contributed by atoms with E-state index in [-0.39, 0.29) is 5.78 Å². The van der Waals surface area contributed by atoms with E-state index >= 15 is 0 Å². The first-order valence-electron chi connectivity index (χ1n) is 6.75. The second-order valence-electron chi connectivity index (χ2n) is 4.74. The molecule has 0 saturated carbocycles. The van der Waals surface area contributed by atoms with Crippen molar-refractivity contribution in [3.63, 3.8) is 0 Å². The maximum atomic E-state index is 12.5. The molecule has 0 aliphatic rings. The van der Waals surface area contributed by atoms with Gasteiger partial charge in [-0.1, -0.05) is 6.92 Å². The molecule has 0 atom stereocenters. The molecule has 0 aliphatic heterocycles. The third-order valence-corrected chi connectivity index (χ3v) is 4.47. The van der Waals surface area contributed by atoms with Crippen LogP contribution in [0.4, 0.5) is 0 Å². The summed E-state index contributed by atoms with van der Waals surface area (Å²) < 4.78 is 4.57. The van der Waals surface area contributed by atoms with Crippen LogP contribution in [0.3, 0.4) is 0 Å². The fourth-order valence-electron chi connectivity index (χ4n) is 2.21. The Morgan fingerprint density at radius 1 is 1.40 bits per heavy atom. The van der Waals surface area contributed by atoms with Crippen LogP contribution >= 0.6 is 15.9 Å². The van der Waals surface area contributed by atoms with Gasteiger partial charge in [-0.05, 0) is 36.2 Å². The number of halogens is 1. The Balaban J connectivity index is 2.32. The van der Waals surface area contributed by atoms with Gasteiger partial charge < -0.3 is 0 Å². The normalized spacial score (nSPS) is 11.1. The lowest BCUT2D eigenvalue weighted by Crippen LogP contribution is -2.11. The molecule has 0 spiro atoms. The third-order valence-electron chi connectivity index (χ3n) is 3.56. The largest absolute Gasteiger partial charge is 0.294 e. The van der Waals surface area contributed by atoms with E-state index in [1.165, 1.54) is 0 Å². The number of hydrogen-bond donors (Lipinski definition) is 0. The fraction of sp³-hybridized carbons (Fsp3) is 0.500. The van der Waals surface area contributed by atoms with Gasteiger partial charge in [-0.3, -0.25) is 14.2 Å². The Morgan fingerprint density at radius 2 is 2.10 bits per heavy atom. The second kappa shape index (κ2) is 5.91. The van der Waals surface area contributed by atoms with Gasteiger partial charge in [-0.25, -0.2) is 0 Å². The average Bonchev–Trinajstić information content (AvgIpc) is 2.92. The van der Waals surface area contributed by atoms with Gasteiger partial charge in [0.15, 0.2) is 5.78 Å². The molecule has 0 N–H and O–H groups in total. The highest BCUT2D eigenvalue weighted by Gasteiger charge is 2.20. The quantitative estimate of drug-likeness (QED) is 0.787. The van der Waals surface area contributed by atoms with Crippen molar-refractivity contribution in [2.24, 2.45) is 7.05 Å². The van der Waals surface area contributed by atoms with E-state index < -0.39 is 0 Å². The molecular weight excluding hydrogens is 320 g/mol. The molecule has 0 aromatic carbocycles. The van der Waals surface area contributed by atoms with Gasteiger partial charge in [0.2, 0.25) is 0 Å². The number of aromatic nitrogens is 4. The highest BCUT2D eigenvalue weighted by Crippen LogP contribution is 2.24. The number of hydrogen-bond acceptors (Lipinski definition) is 3. The van der Waals surface area contributed by atoms with Gasteiger partial charge >= 0.3 is 0 Å². The van der Waals surface area contributed by atoms with Crippen molar-refractivity contribution in [1.29, 1.82) is 0 Å². The summed E-state index contributed by atoms with van der Waals surface area (Å²) in [6, 6.07) is 0. The van der Waals surface area contributed by atoms with Crippen LogP contribution in [0.5, 0.6) is 0 Å². The second-order valence-corrected chi connectivity index (χ2v) is 5.54. The highest BCUT2D eigenvalue weighted by atomic mass is 79.9. The minimum absolute atomic E-state index is 0.0774. The maximum Gasteiger partial charge on any atom is 0.172 e. The topological polar surface area (TPSA) is 52.7 Å². The van der Waals surface area contributed by atoms with Gasteiger partial charge in [0.05, 0.1) is 34.0 Å². The number of Topliss-reactive ketones (excluding diaryl/α,β-unsaturated/α-hetero) is 1. The molecule has 2 aromatic heterocycles. The molecule has 20 heavy (non-hydrogen) atoms. The van der Waals surface area contributed by atoms with E-state index in [4.69, 9.17) is 0 Å². The van der Waals surface area contributed by atoms with Crippen LogP contribution in [-0.4, -0.2) is 25.3 Å². The van der Waals surface area contributed by atoms with Crippen LogP contribution in [-0.2, 0) is 26.4 Å². The van der Waals surface area contributed by atoms with Crippen LogP contribution in [0.2, 0.25) is 0 Å². The molecule has 2 rings (SSSR count). The zero-order valence-electron chi connectivity index (χ0n) is 12.3. The molecule has 6 heteroatoms. The van der Waals surface area contributed by atoms with Crippen molar-refractivity contribution in [3.8, 4) is 0 Å². The highest BCUT2D eigenvalue weighted by molar-refractivity contribution is 9.10. The number of carbonyl (C=O) groups is 1. The van der Waals surface area contributed by atoms with Crippen LogP contribution in [0.25, 0.3) is 0 Å². The number of ketones is 1. The molecule has 0 radical (unpaired) electrons. The van der Waals surface area contributed by atoms with Crippen LogP contribution in [0, 0.1) is 6.92 Å². The van der Waals surface area contributed by atoms with E-state index in [9.17, 15) is 4.79 Å². The molecule has 2 heterocycles. The summed E-state index contributed by atoms with van der Waals surface area (Å²) in [7, 11) is 1.84. The maximum absolute atomic E-state index is 12.5. The van der Waals surface area contributed by atoms with Gasteiger partial charge in [-0.15, -0.1) is 0 Å². The Labute approximate surface area is 127 Å². The Kier molecular flexibility index (Phi) is 4.42. The van der Waals surface area contributed by atoms with Gasteiger partial charge in [-0.2, -0.15) is 10.2 Å². The van der Waals surface area contributed by atoms with Crippen LogP contribution in [0.15, 0.2) is 10.7 Å². The van der Waals surface area contributed by atoms with E-state index in [2.05, 4.69) is 33.1 Å². The minimum atomic E-state index is 0.0774. The lowest BCUT2D eigenvalue weighted by atomic mass is 10.1. The van der Waals surface area contributed by atoms with Crippen LogP contribution < -0.4 is 0 Å². The first-order chi connectivity index (χ1) is 9.49. The van der Waals surface area contributed by atoms with E-state index in [0.717, 1.165) is 34.5 Å². The first kappa shape index (κ1) is 15.0. The molecule has 0 saturated heterocycles. The smallest absolute Gasteiger partial charge is 0.172 e.